The van der Waals surface area contributed by atoms with Crippen LogP contribution < -0.4 is 15.6 Å². The fourth-order valence-electron chi connectivity index (χ4n) is 3.12. The molecule has 3 rings (SSSR count). The van der Waals surface area contributed by atoms with Crippen molar-refractivity contribution in [2.45, 2.75) is 26.7 Å². The smallest absolute Gasteiger partial charge is 0.295 e. The van der Waals surface area contributed by atoms with E-state index in [1.54, 1.807) is 42.9 Å². The van der Waals surface area contributed by atoms with Crippen molar-refractivity contribution in [2.24, 2.45) is 7.05 Å². The van der Waals surface area contributed by atoms with Crippen molar-refractivity contribution >= 4 is 17.4 Å². The second-order valence-electron chi connectivity index (χ2n) is 7.02. The summed E-state index contributed by atoms with van der Waals surface area (Å²) in [6.45, 7) is 3.66. The van der Waals surface area contributed by atoms with Crippen LogP contribution in [-0.2, 0) is 11.8 Å². The zero-order valence-corrected chi connectivity index (χ0v) is 17.3. The van der Waals surface area contributed by atoms with E-state index in [2.05, 4.69) is 5.32 Å². The molecular weight excluding hydrogens is 382 g/mol. The summed E-state index contributed by atoms with van der Waals surface area (Å²) in [6.07, 6.45) is 0.726. The number of benzene rings is 2. The number of anilines is 1. The van der Waals surface area contributed by atoms with Gasteiger partial charge >= 0.3 is 0 Å². The molecule has 0 radical (unpaired) electrons. The fourth-order valence-corrected chi connectivity index (χ4v) is 3.12. The maximum Gasteiger partial charge on any atom is 0.295 e. The molecule has 0 aliphatic rings. The normalized spacial score (nSPS) is 10.6. The highest BCUT2D eigenvalue weighted by atomic mass is 16.5. The number of carbonyl (C=O) groups excluding carboxylic acids is 2. The number of para-hydroxylation sites is 1. The van der Waals surface area contributed by atoms with Gasteiger partial charge in [-0.05, 0) is 56.7 Å². The van der Waals surface area contributed by atoms with Gasteiger partial charge in [-0.25, -0.2) is 4.68 Å². The zero-order valence-electron chi connectivity index (χ0n) is 17.3. The van der Waals surface area contributed by atoms with Gasteiger partial charge < -0.3 is 10.1 Å². The third-order valence-corrected chi connectivity index (χ3v) is 4.90. The Balaban J connectivity index is 1.56. The predicted molar refractivity (Wildman–Crippen MR) is 116 cm³/mol. The molecule has 0 saturated carbocycles. The van der Waals surface area contributed by atoms with E-state index in [0.717, 1.165) is 5.69 Å². The van der Waals surface area contributed by atoms with E-state index < -0.39 is 0 Å². The molecule has 7 heteroatoms. The first-order valence-corrected chi connectivity index (χ1v) is 9.76. The first-order chi connectivity index (χ1) is 14.4. The first kappa shape index (κ1) is 21.1. The highest BCUT2D eigenvalue weighted by Crippen LogP contribution is 2.15. The third kappa shape index (κ3) is 4.68. The number of nitrogens with zero attached hydrogens (tertiary/aromatic N) is 2. The number of nitrogens with one attached hydrogen (secondary N) is 1. The van der Waals surface area contributed by atoms with Crippen LogP contribution >= 0.6 is 0 Å². The van der Waals surface area contributed by atoms with Gasteiger partial charge in [-0.3, -0.25) is 19.1 Å². The lowest BCUT2D eigenvalue weighted by atomic mass is 10.1. The van der Waals surface area contributed by atoms with Crippen LogP contribution in [0.25, 0.3) is 5.69 Å². The highest BCUT2D eigenvalue weighted by molar-refractivity contribution is 5.94. The quantitative estimate of drug-likeness (QED) is 0.458. The summed E-state index contributed by atoms with van der Waals surface area (Å²) in [6, 6.07) is 16.2. The van der Waals surface area contributed by atoms with E-state index in [9.17, 15) is 14.4 Å². The minimum atomic E-state index is -0.267. The van der Waals surface area contributed by atoms with E-state index in [1.807, 2.05) is 30.3 Å². The molecule has 0 aliphatic heterocycles. The number of Topliss-reactive ketones (excluding diaryl/α,β-unsaturated/α-hetero) is 1. The molecule has 0 unspecified atom stereocenters. The molecule has 0 bridgehead atoms. The molecule has 3 aromatic rings. The molecule has 1 N–H and O–H groups in total. The number of hydrogen-bond acceptors (Lipinski definition) is 4. The zero-order chi connectivity index (χ0) is 21.7. The average Bonchev–Trinajstić information content (AvgIpc) is 2.95. The van der Waals surface area contributed by atoms with E-state index in [-0.39, 0.29) is 29.4 Å². The maximum absolute atomic E-state index is 12.8. The molecule has 0 atom stereocenters. The predicted octanol–water partition coefficient (Wildman–Crippen LogP) is 3.48. The van der Waals surface area contributed by atoms with Gasteiger partial charge in [0, 0.05) is 19.0 Å². The molecule has 1 heterocycles. The van der Waals surface area contributed by atoms with Gasteiger partial charge in [0.2, 0.25) is 5.91 Å². The number of rotatable bonds is 8. The van der Waals surface area contributed by atoms with Gasteiger partial charge in [0.25, 0.3) is 5.56 Å². The van der Waals surface area contributed by atoms with Crippen molar-refractivity contribution in [3.8, 4) is 11.4 Å². The fraction of sp³-hybridized carbons (Fsp3) is 0.261. The maximum atomic E-state index is 12.8. The van der Waals surface area contributed by atoms with Crippen LogP contribution in [0.3, 0.4) is 0 Å². The second-order valence-corrected chi connectivity index (χ2v) is 7.02. The summed E-state index contributed by atoms with van der Waals surface area (Å²) in [5.74, 6) is 0.405. The van der Waals surface area contributed by atoms with Crippen LogP contribution in [0.5, 0.6) is 5.75 Å². The van der Waals surface area contributed by atoms with Crippen molar-refractivity contribution in [1.82, 2.24) is 9.36 Å². The topological polar surface area (TPSA) is 82.3 Å². The van der Waals surface area contributed by atoms with E-state index in [1.165, 1.54) is 11.6 Å². The van der Waals surface area contributed by atoms with E-state index in [4.69, 9.17) is 4.74 Å². The number of amides is 1. The lowest BCUT2D eigenvalue weighted by Gasteiger charge is -2.07. The molecule has 7 nitrogen and oxygen atoms in total. The summed E-state index contributed by atoms with van der Waals surface area (Å²) >= 11 is 0. The standard InChI is InChI=1S/C23H25N3O4/c1-16-22(23(29)26(25(16)3)19-8-5-4-6-9-19)24-21(28)10-7-15-30-20-13-11-18(12-14-20)17(2)27/h4-6,8-9,11-14H,7,10,15H2,1-3H3,(H,24,28). The lowest BCUT2D eigenvalue weighted by molar-refractivity contribution is -0.116. The molecule has 1 aromatic heterocycles. The molecule has 0 saturated heterocycles. The van der Waals surface area contributed by atoms with Gasteiger partial charge in [0.05, 0.1) is 18.0 Å². The summed E-state index contributed by atoms with van der Waals surface area (Å²) in [5, 5.41) is 2.74. The number of ether oxygens (including phenoxy) is 1. The second kappa shape index (κ2) is 9.26. The minimum absolute atomic E-state index is 0.000698. The molecule has 0 fully saturated rings. The van der Waals surface area contributed by atoms with Crippen molar-refractivity contribution in [3.63, 3.8) is 0 Å². The molecular formula is C23H25N3O4. The Labute approximate surface area is 174 Å². The number of hydrogen-bond donors (Lipinski definition) is 1. The summed E-state index contributed by atoms with van der Waals surface area (Å²) in [4.78, 5) is 36.4. The summed E-state index contributed by atoms with van der Waals surface area (Å²) in [7, 11) is 1.78. The van der Waals surface area contributed by atoms with Gasteiger partial charge in [-0.15, -0.1) is 0 Å². The first-order valence-electron chi connectivity index (χ1n) is 9.76. The van der Waals surface area contributed by atoms with Gasteiger partial charge in [-0.1, -0.05) is 18.2 Å². The van der Waals surface area contributed by atoms with E-state index in [0.29, 0.717) is 30.0 Å². The van der Waals surface area contributed by atoms with Crippen LogP contribution in [0.4, 0.5) is 5.69 Å². The monoisotopic (exact) mass is 407 g/mol. The SMILES string of the molecule is CC(=O)c1ccc(OCCCC(=O)Nc2c(C)n(C)n(-c3ccccc3)c2=O)cc1. The molecule has 156 valence electrons. The Morgan fingerprint density at radius 2 is 1.70 bits per heavy atom. The minimum Gasteiger partial charge on any atom is -0.494 e. The Morgan fingerprint density at radius 3 is 2.33 bits per heavy atom. The van der Waals surface area contributed by atoms with Crippen molar-refractivity contribution in [2.75, 3.05) is 11.9 Å². The van der Waals surface area contributed by atoms with Gasteiger partial charge in [-0.2, -0.15) is 0 Å². The van der Waals surface area contributed by atoms with Crippen LogP contribution in [0.2, 0.25) is 0 Å². The van der Waals surface area contributed by atoms with Crippen LogP contribution in [0.15, 0.2) is 59.4 Å². The highest BCUT2D eigenvalue weighted by Gasteiger charge is 2.17. The van der Waals surface area contributed by atoms with Crippen molar-refractivity contribution in [1.29, 1.82) is 0 Å². The van der Waals surface area contributed by atoms with Crippen molar-refractivity contribution < 1.29 is 14.3 Å². The molecule has 1 amide bonds. The average molecular weight is 407 g/mol. The summed E-state index contributed by atoms with van der Waals surface area (Å²) in [5.41, 5.74) is 2.06. The molecule has 30 heavy (non-hydrogen) atoms. The molecule has 0 aliphatic carbocycles. The van der Waals surface area contributed by atoms with Gasteiger partial charge in [0.1, 0.15) is 11.4 Å². The molecule has 0 spiro atoms. The largest absolute Gasteiger partial charge is 0.494 e. The third-order valence-electron chi connectivity index (χ3n) is 4.90. The molecule has 2 aromatic carbocycles. The lowest BCUT2D eigenvalue weighted by Crippen LogP contribution is -2.23. The Morgan fingerprint density at radius 1 is 1.03 bits per heavy atom. The van der Waals surface area contributed by atoms with Crippen LogP contribution in [0, 0.1) is 6.92 Å². The van der Waals surface area contributed by atoms with Crippen molar-refractivity contribution in [3.05, 3.63) is 76.2 Å². The summed E-state index contributed by atoms with van der Waals surface area (Å²) < 4.78 is 8.86. The number of aromatic nitrogens is 2. The number of carbonyl (C=O) groups is 2. The van der Waals surface area contributed by atoms with Gasteiger partial charge in [0.15, 0.2) is 5.78 Å². The van der Waals surface area contributed by atoms with E-state index >= 15 is 0 Å². The number of ketones is 1. The van der Waals surface area contributed by atoms with Crippen LogP contribution in [-0.4, -0.2) is 27.7 Å². The van der Waals surface area contributed by atoms with Crippen LogP contribution in [0.1, 0.15) is 35.8 Å². The Bertz CT molecular complexity index is 1100. The Hall–Kier alpha value is -3.61. The Kier molecular flexibility index (Phi) is 6.51.